The van der Waals surface area contributed by atoms with E-state index in [2.05, 4.69) is 28.9 Å². The van der Waals surface area contributed by atoms with Gasteiger partial charge in [-0.2, -0.15) is 0 Å². The molecule has 1 heterocycles. The van der Waals surface area contributed by atoms with E-state index in [1.807, 2.05) is 30.3 Å². The molecule has 2 aromatic carbocycles. The van der Waals surface area contributed by atoms with Gasteiger partial charge in [-0.1, -0.05) is 35.4 Å². The molecule has 20 heavy (non-hydrogen) atoms. The Morgan fingerprint density at radius 2 is 2.05 bits per heavy atom. The molecule has 2 nitrogen and oxygen atoms in total. The number of rotatable bonds is 1. The summed E-state index contributed by atoms with van der Waals surface area (Å²) in [5, 5.41) is 0.689. The lowest BCUT2D eigenvalue weighted by atomic mass is 9.93. The molecule has 0 aliphatic carbocycles. The van der Waals surface area contributed by atoms with Crippen molar-refractivity contribution >= 4 is 27.5 Å². The molecule has 0 radical (unpaired) electrons. The number of ether oxygens (including phenoxy) is 1. The highest BCUT2D eigenvalue weighted by Gasteiger charge is 2.27. The van der Waals surface area contributed by atoms with Crippen molar-refractivity contribution in [1.82, 2.24) is 0 Å². The number of benzene rings is 2. The van der Waals surface area contributed by atoms with Gasteiger partial charge in [0.15, 0.2) is 0 Å². The standard InChI is InChI=1S/C16H15BrClNO/c1-9-2-5-15-11(6-9)14(19)8-16(20-15)10-3-4-12(17)13(18)7-10/h2-7,14,16H,8,19H2,1H3/t14-,16?/m0/s1. The fourth-order valence-electron chi connectivity index (χ4n) is 2.54. The zero-order valence-corrected chi connectivity index (χ0v) is 13.4. The van der Waals surface area contributed by atoms with Gasteiger partial charge < -0.3 is 10.5 Å². The van der Waals surface area contributed by atoms with Crippen molar-refractivity contribution in [2.45, 2.75) is 25.5 Å². The van der Waals surface area contributed by atoms with Crippen molar-refractivity contribution in [2.75, 3.05) is 0 Å². The number of halogens is 2. The van der Waals surface area contributed by atoms with Crippen molar-refractivity contribution in [3.63, 3.8) is 0 Å². The summed E-state index contributed by atoms with van der Waals surface area (Å²) < 4.78 is 6.97. The molecule has 3 rings (SSSR count). The molecule has 2 N–H and O–H groups in total. The van der Waals surface area contributed by atoms with E-state index in [-0.39, 0.29) is 12.1 Å². The van der Waals surface area contributed by atoms with E-state index in [0.29, 0.717) is 5.02 Å². The van der Waals surface area contributed by atoms with Gasteiger partial charge in [0.1, 0.15) is 11.9 Å². The lowest BCUT2D eigenvalue weighted by molar-refractivity contribution is 0.161. The first-order chi connectivity index (χ1) is 9.54. The number of hydrogen-bond acceptors (Lipinski definition) is 2. The SMILES string of the molecule is Cc1ccc2c(c1)[C@@H](N)CC(c1ccc(Br)c(Cl)c1)O2. The van der Waals surface area contributed by atoms with Crippen LogP contribution in [0.2, 0.25) is 5.02 Å². The minimum absolute atomic E-state index is 0.00827. The van der Waals surface area contributed by atoms with Gasteiger partial charge in [-0.25, -0.2) is 0 Å². The molecule has 0 amide bonds. The van der Waals surface area contributed by atoms with Crippen molar-refractivity contribution < 1.29 is 4.74 Å². The summed E-state index contributed by atoms with van der Waals surface area (Å²) in [6, 6.07) is 12.0. The van der Waals surface area contributed by atoms with Gasteiger partial charge in [0.2, 0.25) is 0 Å². The lowest BCUT2D eigenvalue weighted by Crippen LogP contribution is -2.24. The van der Waals surface area contributed by atoms with Gasteiger partial charge >= 0.3 is 0 Å². The largest absolute Gasteiger partial charge is 0.485 e. The Kier molecular flexibility index (Phi) is 3.76. The molecule has 2 aromatic rings. The van der Waals surface area contributed by atoms with Gasteiger partial charge in [0.05, 0.1) is 5.02 Å². The first kappa shape index (κ1) is 13.9. The molecular weight excluding hydrogens is 338 g/mol. The van der Waals surface area contributed by atoms with Crippen LogP contribution in [0.1, 0.15) is 35.3 Å². The summed E-state index contributed by atoms with van der Waals surface area (Å²) in [7, 11) is 0. The Bertz CT molecular complexity index is 659. The molecule has 0 aromatic heterocycles. The summed E-state index contributed by atoms with van der Waals surface area (Å²) in [4.78, 5) is 0. The van der Waals surface area contributed by atoms with Crippen molar-refractivity contribution in [2.24, 2.45) is 5.73 Å². The van der Waals surface area contributed by atoms with E-state index in [1.165, 1.54) is 5.56 Å². The third-order valence-electron chi connectivity index (χ3n) is 3.62. The summed E-state index contributed by atoms with van der Waals surface area (Å²) in [5.74, 6) is 0.874. The van der Waals surface area contributed by atoms with Crippen molar-refractivity contribution in [1.29, 1.82) is 0 Å². The average Bonchev–Trinajstić information content (AvgIpc) is 2.42. The Balaban J connectivity index is 1.94. The minimum atomic E-state index is -0.0502. The average molecular weight is 353 g/mol. The maximum atomic E-state index is 6.29. The summed E-state index contributed by atoms with van der Waals surface area (Å²) in [6.07, 6.45) is 0.708. The van der Waals surface area contributed by atoms with E-state index >= 15 is 0 Å². The van der Waals surface area contributed by atoms with Crippen LogP contribution >= 0.6 is 27.5 Å². The zero-order valence-electron chi connectivity index (χ0n) is 11.1. The maximum Gasteiger partial charge on any atom is 0.126 e. The van der Waals surface area contributed by atoms with Crippen LogP contribution in [0, 0.1) is 6.92 Å². The first-order valence-electron chi connectivity index (χ1n) is 6.52. The van der Waals surface area contributed by atoms with Crippen LogP contribution in [0.25, 0.3) is 0 Å². The molecule has 0 saturated carbocycles. The van der Waals surface area contributed by atoms with E-state index in [4.69, 9.17) is 22.1 Å². The van der Waals surface area contributed by atoms with Crippen LogP contribution in [-0.2, 0) is 0 Å². The van der Waals surface area contributed by atoms with Crippen molar-refractivity contribution in [3.8, 4) is 5.75 Å². The molecule has 0 bridgehead atoms. The number of fused-ring (bicyclic) bond motifs is 1. The highest BCUT2D eigenvalue weighted by Crippen LogP contribution is 2.40. The Morgan fingerprint density at radius 1 is 1.25 bits per heavy atom. The van der Waals surface area contributed by atoms with Gasteiger partial charge in [0.25, 0.3) is 0 Å². The van der Waals surface area contributed by atoms with Crippen LogP contribution in [0.4, 0.5) is 0 Å². The summed E-state index contributed by atoms with van der Waals surface area (Å²) in [6.45, 7) is 2.06. The highest BCUT2D eigenvalue weighted by molar-refractivity contribution is 9.10. The highest BCUT2D eigenvalue weighted by atomic mass is 79.9. The molecule has 104 valence electrons. The zero-order chi connectivity index (χ0) is 14.3. The quantitative estimate of drug-likeness (QED) is 0.789. The second kappa shape index (κ2) is 5.40. The van der Waals surface area contributed by atoms with Gasteiger partial charge in [0, 0.05) is 22.5 Å². The van der Waals surface area contributed by atoms with E-state index in [0.717, 1.165) is 27.8 Å². The van der Waals surface area contributed by atoms with Crippen molar-refractivity contribution in [3.05, 3.63) is 62.6 Å². The molecule has 4 heteroatoms. The third kappa shape index (κ3) is 2.58. The monoisotopic (exact) mass is 351 g/mol. The molecule has 1 aliphatic rings. The van der Waals surface area contributed by atoms with E-state index < -0.39 is 0 Å². The predicted octanol–water partition coefficient (Wildman–Crippen LogP) is 4.93. The number of nitrogens with two attached hydrogens (primary N) is 1. The first-order valence-corrected chi connectivity index (χ1v) is 7.69. The minimum Gasteiger partial charge on any atom is -0.485 e. The topological polar surface area (TPSA) is 35.2 Å². The van der Waals surface area contributed by atoms with Gasteiger partial charge in [-0.3, -0.25) is 0 Å². The molecule has 2 atom stereocenters. The Hall–Kier alpha value is -1.03. The second-order valence-electron chi connectivity index (χ2n) is 5.16. The number of aryl methyl sites for hydroxylation is 1. The lowest BCUT2D eigenvalue weighted by Gasteiger charge is -2.31. The van der Waals surface area contributed by atoms with Crippen LogP contribution in [0.3, 0.4) is 0 Å². The predicted molar refractivity (Wildman–Crippen MR) is 85.2 cm³/mol. The fraction of sp³-hybridized carbons (Fsp3) is 0.250. The van der Waals surface area contributed by atoms with Gasteiger partial charge in [-0.15, -0.1) is 0 Å². The second-order valence-corrected chi connectivity index (χ2v) is 6.43. The third-order valence-corrected chi connectivity index (χ3v) is 4.85. The Labute approximate surface area is 132 Å². The summed E-state index contributed by atoms with van der Waals surface area (Å²) >= 11 is 9.56. The molecular formula is C16H15BrClNO. The fourth-order valence-corrected chi connectivity index (χ4v) is 2.98. The van der Waals surface area contributed by atoms with Crippen LogP contribution in [0.15, 0.2) is 40.9 Å². The van der Waals surface area contributed by atoms with Crippen LogP contribution in [0.5, 0.6) is 5.75 Å². The normalized spacial score (nSPS) is 21.2. The molecule has 0 spiro atoms. The van der Waals surface area contributed by atoms with E-state index in [1.54, 1.807) is 0 Å². The van der Waals surface area contributed by atoms with Crippen LogP contribution < -0.4 is 10.5 Å². The molecule has 1 aliphatic heterocycles. The molecule has 1 unspecified atom stereocenters. The smallest absolute Gasteiger partial charge is 0.126 e. The maximum absolute atomic E-state index is 6.29. The molecule has 0 saturated heterocycles. The van der Waals surface area contributed by atoms with E-state index in [9.17, 15) is 0 Å². The van der Waals surface area contributed by atoms with Gasteiger partial charge in [-0.05, 0) is 46.6 Å². The van der Waals surface area contributed by atoms with Crippen LogP contribution in [-0.4, -0.2) is 0 Å². The molecule has 0 fully saturated rings. The number of hydrogen-bond donors (Lipinski definition) is 1. The summed E-state index contributed by atoms with van der Waals surface area (Å²) in [5.41, 5.74) is 9.63. The Morgan fingerprint density at radius 3 is 2.80 bits per heavy atom.